The largest absolute Gasteiger partial charge is 0.346 e. The Morgan fingerprint density at radius 3 is 2.83 bits per heavy atom. The molecule has 1 saturated heterocycles. The third kappa shape index (κ3) is 3.87. The van der Waals surface area contributed by atoms with Crippen molar-refractivity contribution in [1.82, 2.24) is 10.6 Å². The van der Waals surface area contributed by atoms with Crippen LogP contribution in [0.4, 0.5) is 0 Å². The average Bonchev–Trinajstić information content (AvgIpc) is 2.54. The molecule has 1 heterocycles. The molecule has 0 aliphatic carbocycles. The number of fused-ring (bicyclic) bond motifs is 1. The van der Waals surface area contributed by atoms with Crippen LogP contribution in [0.2, 0.25) is 0 Å². The van der Waals surface area contributed by atoms with Crippen LogP contribution < -0.4 is 15.5 Å². The molecule has 0 bridgehead atoms. The summed E-state index contributed by atoms with van der Waals surface area (Å²) >= 11 is 0. The molecule has 1 aliphatic heterocycles. The highest BCUT2D eigenvalue weighted by Gasteiger charge is 2.22. The predicted molar refractivity (Wildman–Crippen MR) is 89.1 cm³/mol. The number of hydrogen-bond acceptors (Lipinski definition) is 2. The lowest BCUT2D eigenvalue weighted by molar-refractivity contribution is -0.885. The van der Waals surface area contributed by atoms with Crippen LogP contribution in [-0.2, 0) is 9.59 Å². The van der Waals surface area contributed by atoms with Crippen molar-refractivity contribution in [2.45, 2.75) is 13.0 Å². The monoisotopic (exact) mass is 312 g/mol. The topological polar surface area (TPSA) is 62.6 Å². The first kappa shape index (κ1) is 15.5. The van der Waals surface area contributed by atoms with Crippen LogP contribution in [0.1, 0.15) is 18.5 Å². The van der Waals surface area contributed by atoms with Crippen molar-refractivity contribution in [3.63, 3.8) is 0 Å². The van der Waals surface area contributed by atoms with E-state index >= 15 is 0 Å². The van der Waals surface area contributed by atoms with Gasteiger partial charge in [-0.15, -0.1) is 0 Å². The van der Waals surface area contributed by atoms with E-state index in [2.05, 4.69) is 41.0 Å². The van der Waals surface area contributed by atoms with Crippen molar-refractivity contribution in [2.75, 3.05) is 26.2 Å². The molecule has 3 N–H and O–H groups in total. The van der Waals surface area contributed by atoms with Crippen LogP contribution in [0.25, 0.3) is 10.8 Å². The number of carbonyl (C=O) groups excluding carboxylic acids is 2. The van der Waals surface area contributed by atoms with Gasteiger partial charge >= 0.3 is 0 Å². The Kier molecular flexibility index (Phi) is 4.57. The van der Waals surface area contributed by atoms with E-state index in [1.165, 1.54) is 10.8 Å². The molecule has 5 heteroatoms. The number of quaternary nitrogens is 1. The number of amides is 2. The molecule has 2 atom stereocenters. The first-order valence-corrected chi connectivity index (χ1v) is 8.00. The summed E-state index contributed by atoms with van der Waals surface area (Å²) in [5.74, 6) is -0.00279. The van der Waals surface area contributed by atoms with Gasteiger partial charge in [0, 0.05) is 0 Å². The number of carbonyl (C=O) groups is 2. The average molecular weight is 312 g/mol. The molecule has 2 aromatic carbocycles. The van der Waals surface area contributed by atoms with Crippen LogP contribution in [0, 0.1) is 0 Å². The quantitative estimate of drug-likeness (QED) is 0.746. The number of benzene rings is 2. The summed E-state index contributed by atoms with van der Waals surface area (Å²) in [6, 6.07) is 14.4. The molecular formula is C18H22N3O2+. The Morgan fingerprint density at radius 1 is 1.26 bits per heavy atom. The van der Waals surface area contributed by atoms with Crippen LogP contribution in [0.5, 0.6) is 0 Å². The van der Waals surface area contributed by atoms with Crippen molar-refractivity contribution in [3.05, 3.63) is 48.0 Å². The van der Waals surface area contributed by atoms with Gasteiger partial charge in [-0.05, 0) is 29.3 Å². The maximum absolute atomic E-state index is 12.2. The third-order valence-corrected chi connectivity index (χ3v) is 4.27. The van der Waals surface area contributed by atoms with Crippen molar-refractivity contribution >= 4 is 22.6 Å². The van der Waals surface area contributed by atoms with Crippen molar-refractivity contribution < 1.29 is 14.5 Å². The molecule has 1 unspecified atom stereocenters. The van der Waals surface area contributed by atoms with Crippen LogP contribution >= 0.6 is 0 Å². The zero-order chi connectivity index (χ0) is 16.2. The van der Waals surface area contributed by atoms with Crippen molar-refractivity contribution in [1.29, 1.82) is 0 Å². The number of nitrogens with one attached hydrogen (secondary N) is 3. The highest BCUT2D eigenvalue weighted by molar-refractivity contribution is 5.83. The van der Waals surface area contributed by atoms with E-state index in [-0.39, 0.29) is 17.9 Å². The SMILES string of the molecule is C[C@H](NC(=O)C[NH+]1CCNC(=O)C1)c1ccc2ccccc2c1. The zero-order valence-corrected chi connectivity index (χ0v) is 13.3. The summed E-state index contributed by atoms with van der Waals surface area (Å²) in [6.07, 6.45) is 0. The Balaban J connectivity index is 1.61. The fourth-order valence-corrected chi connectivity index (χ4v) is 2.99. The van der Waals surface area contributed by atoms with Crippen LogP contribution in [-0.4, -0.2) is 38.0 Å². The molecule has 3 rings (SSSR count). The Labute approximate surface area is 135 Å². The van der Waals surface area contributed by atoms with E-state index in [1.54, 1.807) is 0 Å². The molecule has 0 spiro atoms. The van der Waals surface area contributed by atoms with Crippen LogP contribution in [0.3, 0.4) is 0 Å². The highest BCUT2D eigenvalue weighted by atomic mass is 16.2. The lowest BCUT2D eigenvalue weighted by Gasteiger charge is -2.24. The van der Waals surface area contributed by atoms with E-state index in [4.69, 9.17) is 0 Å². The van der Waals surface area contributed by atoms with E-state index < -0.39 is 0 Å². The molecule has 0 radical (unpaired) electrons. The summed E-state index contributed by atoms with van der Waals surface area (Å²) in [5, 5.41) is 8.17. The Hall–Kier alpha value is -2.40. The van der Waals surface area contributed by atoms with E-state index in [0.29, 0.717) is 19.6 Å². The van der Waals surface area contributed by atoms with Crippen molar-refractivity contribution in [3.8, 4) is 0 Å². The third-order valence-electron chi connectivity index (χ3n) is 4.27. The van der Waals surface area contributed by atoms with Gasteiger partial charge in [0.25, 0.3) is 11.8 Å². The van der Waals surface area contributed by atoms with Gasteiger partial charge in [-0.3, -0.25) is 9.59 Å². The minimum absolute atomic E-state index is 0.0154. The zero-order valence-electron chi connectivity index (χ0n) is 13.3. The fraction of sp³-hybridized carbons (Fsp3) is 0.333. The molecule has 0 aromatic heterocycles. The molecule has 1 fully saturated rings. The smallest absolute Gasteiger partial charge is 0.275 e. The van der Waals surface area contributed by atoms with Crippen LogP contribution in [0.15, 0.2) is 42.5 Å². The van der Waals surface area contributed by atoms with E-state index in [0.717, 1.165) is 17.0 Å². The van der Waals surface area contributed by atoms with Gasteiger partial charge in [-0.25, -0.2) is 0 Å². The summed E-state index contributed by atoms with van der Waals surface area (Å²) in [4.78, 5) is 24.6. The summed E-state index contributed by atoms with van der Waals surface area (Å²) < 4.78 is 0. The molecule has 2 amide bonds. The molecule has 5 nitrogen and oxygen atoms in total. The van der Waals surface area contributed by atoms with Gasteiger partial charge in [0.2, 0.25) is 0 Å². The standard InChI is InChI=1S/C18H21N3O2/c1-13(15-7-6-14-4-2-3-5-16(14)10-15)20-18(23)12-21-9-8-19-17(22)11-21/h2-7,10,13H,8-9,11-12H2,1H3,(H,19,22)(H,20,23)/p+1/t13-/m0/s1. The maximum Gasteiger partial charge on any atom is 0.275 e. The fourth-order valence-electron chi connectivity index (χ4n) is 2.99. The second kappa shape index (κ2) is 6.79. The Bertz CT molecular complexity index is 729. The minimum atomic E-state index is -0.0508. The second-order valence-corrected chi connectivity index (χ2v) is 6.10. The van der Waals surface area contributed by atoms with Gasteiger partial charge in [-0.1, -0.05) is 36.4 Å². The molecule has 1 aliphatic rings. The first-order chi connectivity index (χ1) is 11.1. The normalized spacial score (nSPS) is 19.2. The predicted octanol–water partition coefficient (Wildman–Crippen LogP) is 0.0317. The first-order valence-electron chi connectivity index (χ1n) is 8.00. The summed E-state index contributed by atoms with van der Waals surface area (Å²) in [6.45, 7) is 4.13. The highest BCUT2D eigenvalue weighted by Crippen LogP contribution is 2.20. The van der Waals surface area contributed by atoms with Gasteiger partial charge < -0.3 is 15.5 Å². The molecular weight excluding hydrogens is 290 g/mol. The number of rotatable bonds is 4. The minimum Gasteiger partial charge on any atom is -0.346 e. The Morgan fingerprint density at radius 2 is 2.04 bits per heavy atom. The molecule has 2 aromatic rings. The van der Waals surface area contributed by atoms with Gasteiger partial charge in [-0.2, -0.15) is 0 Å². The maximum atomic E-state index is 12.2. The van der Waals surface area contributed by atoms with E-state index in [1.807, 2.05) is 19.1 Å². The lowest BCUT2D eigenvalue weighted by Crippen LogP contribution is -3.16. The molecule has 23 heavy (non-hydrogen) atoms. The second-order valence-electron chi connectivity index (χ2n) is 6.10. The molecule has 120 valence electrons. The number of hydrogen-bond donors (Lipinski definition) is 3. The van der Waals surface area contributed by atoms with Gasteiger partial charge in [0.1, 0.15) is 0 Å². The summed E-state index contributed by atoms with van der Waals surface area (Å²) in [5.41, 5.74) is 1.09. The van der Waals surface area contributed by atoms with E-state index in [9.17, 15) is 9.59 Å². The van der Waals surface area contributed by atoms with Crippen molar-refractivity contribution in [2.24, 2.45) is 0 Å². The molecule has 0 saturated carbocycles. The number of piperazine rings is 1. The van der Waals surface area contributed by atoms with Gasteiger partial charge in [0.05, 0.1) is 19.1 Å². The van der Waals surface area contributed by atoms with Gasteiger partial charge in [0.15, 0.2) is 13.1 Å². The summed E-state index contributed by atoms with van der Waals surface area (Å²) in [7, 11) is 0. The lowest BCUT2D eigenvalue weighted by atomic mass is 10.0.